The van der Waals surface area contributed by atoms with Crippen molar-refractivity contribution in [3.05, 3.63) is 28.8 Å². The molecule has 1 aromatic rings. The molecule has 1 aromatic carbocycles. The number of hydrogen-bond donors (Lipinski definition) is 2. The van der Waals surface area contributed by atoms with Crippen LogP contribution in [0.15, 0.2) is 12.1 Å². The van der Waals surface area contributed by atoms with E-state index >= 15 is 0 Å². The topological polar surface area (TPSA) is 55.5 Å². The van der Waals surface area contributed by atoms with Crippen molar-refractivity contribution in [1.29, 1.82) is 0 Å². The molecule has 0 amide bonds. The van der Waals surface area contributed by atoms with Gasteiger partial charge in [-0.2, -0.15) is 0 Å². The molecule has 3 rings (SSSR count). The molecule has 1 saturated carbocycles. The van der Waals surface area contributed by atoms with E-state index in [0.29, 0.717) is 19.0 Å². The van der Waals surface area contributed by atoms with Gasteiger partial charge in [-0.15, -0.1) is 0 Å². The minimum absolute atomic E-state index is 0.275. The summed E-state index contributed by atoms with van der Waals surface area (Å²) in [6.45, 7) is 1.25. The Morgan fingerprint density at radius 3 is 2.79 bits per heavy atom. The fraction of sp³-hybridized carbons (Fsp3) is 0.455. The number of benzene rings is 1. The highest BCUT2D eigenvalue weighted by atomic mass is 16.5. The highest BCUT2D eigenvalue weighted by molar-refractivity contribution is 5.51. The van der Waals surface area contributed by atoms with Gasteiger partial charge in [-0.1, -0.05) is 6.07 Å². The van der Waals surface area contributed by atoms with Crippen molar-refractivity contribution in [2.45, 2.75) is 31.6 Å². The molecular formula is C11H13NO2. The van der Waals surface area contributed by atoms with Gasteiger partial charge in [0.1, 0.15) is 5.75 Å². The Kier molecular flexibility index (Phi) is 1.47. The van der Waals surface area contributed by atoms with E-state index in [4.69, 9.17) is 10.5 Å². The molecule has 1 aliphatic heterocycles. The Balaban J connectivity index is 2.21. The molecule has 3 heteroatoms. The maximum atomic E-state index is 9.81. The smallest absolute Gasteiger partial charge is 0.121 e. The second kappa shape index (κ2) is 2.49. The van der Waals surface area contributed by atoms with Crippen LogP contribution in [0, 0.1) is 0 Å². The van der Waals surface area contributed by atoms with Crippen molar-refractivity contribution in [2.24, 2.45) is 5.73 Å². The van der Waals surface area contributed by atoms with Crippen molar-refractivity contribution in [3.8, 4) is 5.75 Å². The van der Waals surface area contributed by atoms with Crippen molar-refractivity contribution >= 4 is 0 Å². The number of hydrogen-bond acceptors (Lipinski definition) is 3. The van der Waals surface area contributed by atoms with E-state index in [1.807, 2.05) is 6.07 Å². The summed E-state index contributed by atoms with van der Waals surface area (Å²) in [4.78, 5) is 0. The summed E-state index contributed by atoms with van der Waals surface area (Å²) < 4.78 is 5.37. The Labute approximate surface area is 82.5 Å². The van der Waals surface area contributed by atoms with Crippen LogP contribution < -0.4 is 5.73 Å². The average molecular weight is 191 g/mol. The largest absolute Gasteiger partial charge is 0.508 e. The fourth-order valence-corrected chi connectivity index (χ4v) is 2.18. The molecular weight excluding hydrogens is 178 g/mol. The third kappa shape index (κ3) is 0.996. The molecule has 0 bridgehead atoms. The lowest BCUT2D eigenvalue weighted by atomic mass is 9.95. The van der Waals surface area contributed by atoms with Crippen LogP contribution in [-0.4, -0.2) is 5.11 Å². The normalized spacial score (nSPS) is 22.1. The standard InChI is InChI=1S/C11H13NO2/c12-11(3-4-11)10-8-6-14-5-7(8)1-2-9(10)13/h1-2,13H,3-6,12H2. The van der Waals surface area contributed by atoms with Crippen molar-refractivity contribution in [1.82, 2.24) is 0 Å². The fourth-order valence-electron chi connectivity index (χ4n) is 2.18. The monoisotopic (exact) mass is 191 g/mol. The molecule has 0 unspecified atom stereocenters. The number of fused-ring (bicyclic) bond motifs is 1. The van der Waals surface area contributed by atoms with Crippen LogP contribution in [0.5, 0.6) is 5.75 Å². The maximum Gasteiger partial charge on any atom is 0.121 e. The number of aromatic hydroxyl groups is 1. The highest BCUT2D eigenvalue weighted by Crippen LogP contribution is 2.49. The number of rotatable bonds is 1. The van der Waals surface area contributed by atoms with E-state index in [9.17, 15) is 5.11 Å². The first kappa shape index (κ1) is 8.26. The van der Waals surface area contributed by atoms with Crippen molar-refractivity contribution in [2.75, 3.05) is 0 Å². The molecule has 1 fully saturated rings. The Bertz CT molecular complexity index is 397. The van der Waals surface area contributed by atoms with E-state index in [-0.39, 0.29) is 5.54 Å². The molecule has 0 aromatic heterocycles. The van der Waals surface area contributed by atoms with Gasteiger partial charge < -0.3 is 15.6 Å². The lowest BCUT2D eigenvalue weighted by Gasteiger charge is -2.15. The van der Waals surface area contributed by atoms with Gasteiger partial charge in [0, 0.05) is 11.1 Å². The summed E-state index contributed by atoms with van der Waals surface area (Å²) in [6.07, 6.45) is 1.94. The summed E-state index contributed by atoms with van der Waals surface area (Å²) >= 11 is 0. The van der Waals surface area contributed by atoms with Crippen LogP contribution in [0.4, 0.5) is 0 Å². The SMILES string of the molecule is NC1(c2c(O)ccc3c2COC3)CC1. The van der Waals surface area contributed by atoms with Gasteiger partial charge in [-0.25, -0.2) is 0 Å². The summed E-state index contributed by atoms with van der Waals surface area (Å²) in [6, 6.07) is 3.66. The van der Waals surface area contributed by atoms with Gasteiger partial charge in [-0.3, -0.25) is 0 Å². The van der Waals surface area contributed by atoms with Gasteiger partial charge in [0.2, 0.25) is 0 Å². The summed E-state index contributed by atoms with van der Waals surface area (Å²) in [5.74, 6) is 0.328. The Morgan fingerprint density at radius 1 is 1.29 bits per heavy atom. The van der Waals surface area contributed by atoms with Crippen molar-refractivity contribution < 1.29 is 9.84 Å². The second-order valence-electron chi connectivity index (χ2n) is 4.25. The predicted molar refractivity (Wildman–Crippen MR) is 51.7 cm³/mol. The molecule has 74 valence electrons. The lowest BCUT2D eigenvalue weighted by Crippen LogP contribution is -2.21. The van der Waals surface area contributed by atoms with Crippen LogP contribution >= 0.6 is 0 Å². The minimum Gasteiger partial charge on any atom is -0.508 e. The highest BCUT2D eigenvalue weighted by Gasteiger charge is 2.44. The summed E-state index contributed by atoms with van der Waals surface area (Å²) in [7, 11) is 0. The zero-order chi connectivity index (χ0) is 9.76. The third-order valence-electron chi connectivity index (χ3n) is 3.18. The average Bonchev–Trinajstić information content (AvgIpc) is 2.74. The van der Waals surface area contributed by atoms with E-state index in [1.165, 1.54) is 5.56 Å². The van der Waals surface area contributed by atoms with Crippen LogP contribution in [0.25, 0.3) is 0 Å². The first-order valence-electron chi connectivity index (χ1n) is 4.91. The predicted octanol–water partition coefficient (Wildman–Crippen LogP) is 1.37. The van der Waals surface area contributed by atoms with Gasteiger partial charge >= 0.3 is 0 Å². The van der Waals surface area contributed by atoms with E-state index in [2.05, 4.69) is 0 Å². The third-order valence-corrected chi connectivity index (χ3v) is 3.18. The quantitative estimate of drug-likeness (QED) is 0.705. The summed E-state index contributed by atoms with van der Waals surface area (Å²) in [5.41, 5.74) is 9.07. The zero-order valence-electron chi connectivity index (χ0n) is 7.92. The van der Waals surface area contributed by atoms with Gasteiger partial charge in [0.25, 0.3) is 0 Å². The van der Waals surface area contributed by atoms with E-state index in [0.717, 1.165) is 24.0 Å². The number of nitrogens with two attached hydrogens (primary N) is 1. The molecule has 1 aliphatic carbocycles. The van der Waals surface area contributed by atoms with Crippen LogP contribution in [-0.2, 0) is 23.5 Å². The maximum absolute atomic E-state index is 9.81. The molecule has 0 atom stereocenters. The Hall–Kier alpha value is -1.06. The van der Waals surface area contributed by atoms with Crippen LogP contribution in [0.3, 0.4) is 0 Å². The molecule has 3 nitrogen and oxygen atoms in total. The molecule has 1 heterocycles. The van der Waals surface area contributed by atoms with Crippen LogP contribution in [0.1, 0.15) is 29.5 Å². The number of phenolic OH excluding ortho intramolecular Hbond substituents is 1. The summed E-state index contributed by atoms with van der Waals surface area (Å²) in [5, 5.41) is 9.81. The molecule has 2 aliphatic rings. The number of ether oxygens (including phenoxy) is 1. The lowest BCUT2D eigenvalue weighted by molar-refractivity contribution is 0.134. The Morgan fingerprint density at radius 2 is 2.07 bits per heavy atom. The van der Waals surface area contributed by atoms with E-state index < -0.39 is 0 Å². The zero-order valence-corrected chi connectivity index (χ0v) is 7.92. The molecule has 3 N–H and O–H groups in total. The van der Waals surface area contributed by atoms with Crippen molar-refractivity contribution in [3.63, 3.8) is 0 Å². The first-order chi connectivity index (χ1) is 6.71. The minimum atomic E-state index is -0.275. The second-order valence-corrected chi connectivity index (χ2v) is 4.25. The van der Waals surface area contributed by atoms with E-state index in [1.54, 1.807) is 6.07 Å². The van der Waals surface area contributed by atoms with Crippen LogP contribution in [0.2, 0.25) is 0 Å². The van der Waals surface area contributed by atoms with Gasteiger partial charge in [-0.05, 0) is 30.0 Å². The molecule has 0 saturated heterocycles. The molecule has 14 heavy (non-hydrogen) atoms. The molecule has 0 spiro atoms. The van der Waals surface area contributed by atoms with Gasteiger partial charge in [0.05, 0.1) is 13.2 Å². The van der Waals surface area contributed by atoms with Gasteiger partial charge in [0.15, 0.2) is 0 Å². The molecule has 0 radical (unpaired) electrons. The number of phenols is 1. The first-order valence-corrected chi connectivity index (χ1v) is 4.91.